The van der Waals surface area contributed by atoms with Gasteiger partial charge < -0.3 is 9.73 Å². The van der Waals surface area contributed by atoms with Crippen LogP contribution in [0.15, 0.2) is 57.7 Å². The molecule has 3 aromatic rings. The highest BCUT2D eigenvalue weighted by Gasteiger charge is 2.15. The summed E-state index contributed by atoms with van der Waals surface area (Å²) in [7, 11) is 0. The minimum atomic E-state index is -0.419. The molecule has 1 N–H and O–H groups in total. The van der Waals surface area contributed by atoms with Crippen molar-refractivity contribution >= 4 is 21.8 Å². The lowest BCUT2D eigenvalue weighted by molar-refractivity contribution is 0.0917. The highest BCUT2D eigenvalue weighted by atomic mass is 79.9. The van der Waals surface area contributed by atoms with Crippen LogP contribution in [0.2, 0.25) is 0 Å². The smallest absolute Gasteiger partial charge is 0.309 e. The lowest BCUT2D eigenvalue weighted by Gasteiger charge is -2.01. The fraction of sp³-hybridized carbons (Fsp3) is 0.0667. The number of benzene rings is 1. The van der Waals surface area contributed by atoms with E-state index in [1.54, 1.807) is 18.5 Å². The van der Waals surface area contributed by atoms with E-state index >= 15 is 0 Å². The van der Waals surface area contributed by atoms with Crippen molar-refractivity contribution in [2.75, 3.05) is 0 Å². The number of nitrogens with zero attached hydrogens (tertiary/aromatic N) is 3. The first-order valence-corrected chi connectivity index (χ1v) is 7.28. The van der Waals surface area contributed by atoms with E-state index in [0.717, 1.165) is 15.6 Å². The summed E-state index contributed by atoms with van der Waals surface area (Å²) in [5, 5.41) is 10.4. The summed E-state index contributed by atoms with van der Waals surface area (Å²) in [5.74, 6) is -0.190. The van der Waals surface area contributed by atoms with E-state index in [-0.39, 0.29) is 5.89 Å². The van der Waals surface area contributed by atoms with E-state index in [1.165, 1.54) is 0 Å². The molecule has 2 heterocycles. The Morgan fingerprint density at radius 1 is 1.23 bits per heavy atom. The van der Waals surface area contributed by atoms with E-state index in [4.69, 9.17) is 4.42 Å². The second-order valence-corrected chi connectivity index (χ2v) is 5.38. The van der Waals surface area contributed by atoms with Gasteiger partial charge in [0.05, 0.1) is 0 Å². The van der Waals surface area contributed by atoms with Gasteiger partial charge in [0.2, 0.25) is 5.89 Å². The standard InChI is InChI=1S/C15H11BrN4O2/c16-12-5-1-4-11(7-12)14-19-20-15(22-14)13(21)18-9-10-3-2-6-17-8-10/h1-8H,9H2,(H,18,21). The van der Waals surface area contributed by atoms with E-state index < -0.39 is 5.91 Å². The largest absolute Gasteiger partial charge is 0.412 e. The SMILES string of the molecule is O=C(NCc1cccnc1)c1nnc(-c2cccc(Br)c2)o1. The van der Waals surface area contributed by atoms with Crippen LogP contribution >= 0.6 is 15.9 Å². The summed E-state index contributed by atoms with van der Waals surface area (Å²) in [6.45, 7) is 0.348. The van der Waals surface area contributed by atoms with Gasteiger partial charge in [-0.3, -0.25) is 9.78 Å². The second-order valence-electron chi connectivity index (χ2n) is 4.47. The molecule has 0 atom stereocenters. The minimum absolute atomic E-state index is 0.0705. The zero-order chi connectivity index (χ0) is 15.4. The van der Waals surface area contributed by atoms with Crippen molar-refractivity contribution in [3.63, 3.8) is 0 Å². The van der Waals surface area contributed by atoms with Gasteiger partial charge in [0.15, 0.2) is 0 Å². The molecule has 1 amide bonds. The molecule has 22 heavy (non-hydrogen) atoms. The number of pyridine rings is 1. The predicted molar refractivity (Wildman–Crippen MR) is 82.8 cm³/mol. The average molecular weight is 359 g/mol. The number of carbonyl (C=O) groups is 1. The molecule has 0 aliphatic carbocycles. The zero-order valence-electron chi connectivity index (χ0n) is 11.4. The van der Waals surface area contributed by atoms with Crippen LogP contribution in [-0.2, 0) is 6.54 Å². The molecule has 1 aromatic carbocycles. The quantitative estimate of drug-likeness (QED) is 0.775. The Bertz CT molecular complexity index is 789. The number of carbonyl (C=O) groups excluding carboxylic acids is 1. The van der Waals surface area contributed by atoms with Gasteiger partial charge in [0, 0.05) is 29.0 Å². The number of rotatable bonds is 4. The lowest BCUT2D eigenvalue weighted by atomic mass is 10.2. The molecule has 0 aliphatic heterocycles. The molecule has 0 bridgehead atoms. The Labute approximate surface area is 134 Å². The van der Waals surface area contributed by atoms with Crippen LogP contribution in [0.1, 0.15) is 16.2 Å². The Morgan fingerprint density at radius 2 is 2.14 bits per heavy atom. The Kier molecular flexibility index (Phi) is 4.24. The predicted octanol–water partition coefficient (Wildman–Crippen LogP) is 2.82. The molecule has 0 fully saturated rings. The normalized spacial score (nSPS) is 10.4. The van der Waals surface area contributed by atoms with Crippen molar-refractivity contribution in [1.29, 1.82) is 0 Å². The van der Waals surface area contributed by atoms with E-state index in [1.807, 2.05) is 30.3 Å². The first-order valence-electron chi connectivity index (χ1n) is 6.49. The van der Waals surface area contributed by atoms with Gasteiger partial charge in [-0.25, -0.2) is 0 Å². The van der Waals surface area contributed by atoms with Crippen molar-refractivity contribution in [3.8, 4) is 11.5 Å². The summed E-state index contributed by atoms with van der Waals surface area (Å²) in [5.41, 5.74) is 1.63. The fourth-order valence-electron chi connectivity index (χ4n) is 1.81. The molecule has 7 heteroatoms. The number of hydrogen-bond donors (Lipinski definition) is 1. The van der Waals surface area contributed by atoms with Crippen LogP contribution in [-0.4, -0.2) is 21.1 Å². The van der Waals surface area contributed by atoms with Gasteiger partial charge >= 0.3 is 11.8 Å². The first kappa shape index (κ1) is 14.4. The van der Waals surface area contributed by atoms with Crippen LogP contribution in [0.4, 0.5) is 0 Å². The summed E-state index contributed by atoms with van der Waals surface area (Å²) in [4.78, 5) is 16.0. The van der Waals surface area contributed by atoms with Crippen molar-refractivity contribution in [2.24, 2.45) is 0 Å². The number of hydrogen-bond acceptors (Lipinski definition) is 5. The van der Waals surface area contributed by atoms with E-state index in [2.05, 4.69) is 36.4 Å². The van der Waals surface area contributed by atoms with Gasteiger partial charge in [-0.2, -0.15) is 0 Å². The number of halogens is 1. The van der Waals surface area contributed by atoms with Crippen molar-refractivity contribution < 1.29 is 9.21 Å². The third kappa shape index (κ3) is 3.37. The van der Waals surface area contributed by atoms with Crippen LogP contribution in [0.5, 0.6) is 0 Å². The molecule has 0 aliphatic rings. The zero-order valence-corrected chi connectivity index (χ0v) is 12.9. The number of aromatic nitrogens is 3. The summed E-state index contributed by atoms with van der Waals surface area (Å²) >= 11 is 3.37. The molecule has 6 nitrogen and oxygen atoms in total. The van der Waals surface area contributed by atoms with Crippen LogP contribution in [0, 0.1) is 0 Å². The molecule has 0 radical (unpaired) electrons. The molecule has 3 rings (SSSR count). The summed E-state index contributed by atoms with van der Waals surface area (Å²) < 4.78 is 6.30. The van der Waals surface area contributed by atoms with Gasteiger partial charge in [0.25, 0.3) is 0 Å². The maximum atomic E-state index is 12.0. The molecule has 0 spiro atoms. The molecular formula is C15H11BrN4O2. The molecule has 110 valence electrons. The summed E-state index contributed by atoms with van der Waals surface area (Å²) in [6, 6.07) is 11.1. The summed E-state index contributed by atoms with van der Waals surface area (Å²) in [6.07, 6.45) is 3.36. The van der Waals surface area contributed by atoms with Crippen LogP contribution in [0.3, 0.4) is 0 Å². The van der Waals surface area contributed by atoms with E-state index in [9.17, 15) is 4.79 Å². The van der Waals surface area contributed by atoms with Crippen LogP contribution < -0.4 is 5.32 Å². The Morgan fingerprint density at radius 3 is 2.91 bits per heavy atom. The van der Waals surface area contributed by atoms with Crippen molar-refractivity contribution in [2.45, 2.75) is 6.54 Å². The molecule has 2 aromatic heterocycles. The van der Waals surface area contributed by atoms with Gasteiger partial charge in [0.1, 0.15) is 0 Å². The average Bonchev–Trinajstić information content (AvgIpc) is 3.04. The van der Waals surface area contributed by atoms with Gasteiger partial charge in [-0.05, 0) is 29.8 Å². The van der Waals surface area contributed by atoms with Crippen molar-refractivity contribution in [3.05, 3.63) is 64.7 Å². The maximum absolute atomic E-state index is 12.0. The molecular weight excluding hydrogens is 348 g/mol. The number of nitrogens with one attached hydrogen (secondary N) is 1. The van der Waals surface area contributed by atoms with Crippen molar-refractivity contribution in [1.82, 2.24) is 20.5 Å². The minimum Gasteiger partial charge on any atom is -0.412 e. The number of amides is 1. The highest BCUT2D eigenvalue weighted by Crippen LogP contribution is 2.21. The fourth-order valence-corrected chi connectivity index (χ4v) is 2.21. The molecule has 0 saturated carbocycles. The second kappa shape index (κ2) is 6.48. The first-order chi connectivity index (χ1) is 10.7. The molecule has 0 unspecified atom stereocenters. The Hall–Kier alpha value is -2.54. The van der Waals surface area contributed by atoms with Gasteiger partial charge in [-0.15, -0.1) is 10.2 Å². The third-order valence-corrected chi connectivity index (χ3v) is 3.36. The lowest BCUT2D eigenvalue weighted by Crippen LogP contribution is -2.23. The topological polar surface area (TPSA) is 80.9 Å². The third-order valence-electron chi connectivity index (χ3n) is 2.87. The maximum Gasteiger partial charge on any atom is 0.309 e. The Balaban J connectivity index is 1.69. The van der Waals surface area contributed by atoms with Crippen LogP contribution in [0.25, 0.3) is 11.5 Å². The molecule has 0 saturated heterocycles. The van der Waals surface area contributed by atoms with Gasteiger partial charge in [-0.1, -0.05) is 28.1 Å². The van der Waals surface area contributed by atoms with E-state index in [0.29, 0.717) is 12.4 Å². The monoisotopic (exact) mass is 358 g/mol. The highest BCUT2D eigenvalue weighted by molar-refractivity contribution is 9.10.